The van der Waals surface area contributed by atoms with E-state index in [1.807, 2.05) is 0 Å². The standard InChI is InChI=1S/C3H11F3N3O4P3Si/c1-10-17(11-2,12-3)13-16-7-14-8(4)15(6)9(16)5/h7,14H,1-3H3. The predicted octanol–water partition coefficient (Wildman–Crippen LogP) is 2.29. The second kappa shape index (κ2) is 6.98. The van der Waals surface area contributed by atoms with Gasteiger partial charge in [0.2, 0.25) is 8.45 Å². The Bertz CT molecular complexity index is 248. The fourth-order valence-electron chi connectivity index (χ4n) is 0.823. The molecule has 14 heteroatoms. The molecule has 7 nitrogen and oxygen atoms in total. The Kier molecular flexibility index (Phi) is 6.59. The third-order valence-electron chi connectivity index (χ3n) is 1.62. The van der Waals surface area contributed by atoms with E-state index in [2.05, 4.69) is 4.86 Å². The van der Waals surface area contributed by atoms with E-state index in [0.717, 1.165) is 0 Å². The van der Waals surface area contributed by atoms with Crippen LogP contribution in [0.5, 0.6) is 0 Å². The molecule has 0 saturated carbocycles. The van der Waals surface area contributed by atoms with E-state index in [1.54, 1.807) is 0 Å². The minimum Gasteiger partial charge on any atom is -0.354 e. The number of hydrogen-bond acceptors (Lipinski definition) is 7. The first-order valence-electron chi connectivity index (χ1n) is 4.03. The maximum atomic E-state index is 13.3. The molecule has 0 radical (unpaired) electrons. The summed E-state index contributed by atoms with van der Waals surface area (Å²) in [6.07, 6.45) is 0. The van der Waals surface area contributed by atoms with Gasteiger partial charge < -0.3 is 13.3 Å². The van der Waals surface area contributed by atoms with Gasteiger partial charge in [-0.15, -0.1) is 8.96 Å². The summed E-state index contributed by atoms with van der Waals surface area (Å²) in [5.74, 6) is 0. The van der Waals surface area contributed by atoms with Crippen molar-refractivity contribution >= 4 is 34.9 Å². The van der Waals surface area contributed by atoms with E-state index in [-0.39, 0.29) is 9.33 Å². The molecule has 17 heavy (non-hydrogen) atoms. The average molecular weight is 331 g/mol. The van der Waals surface area contributed by atoms with Crippen molar-refractivity contribution in [2.75, 3.05) is 21.3 Å². The molecule has 0 spiro atoms. The molecule has 1 aliphatic rings. The molecule has 1 aliphatic heterocycles. The highest BCUT2D eigenvalue weighted by atomic mass is 31.3. The molecule has 0 aromatic carbocycles. The Morgan fingerprint density at radius 2 is 1.71 bits per heavy atom. The van der Waals surface area contributed by atoms with Crippen molar-refractivity contribution < 1.29 is 30.7 Å². The number of hydrogen-bond donors (Lipinski definition) is 1. The number of nitrogens with one attached hydrogen (secondary N) is 1. The smallest absolute Gasteiger partial charge is 0.354 e. The number of nitrogens with zero attached hydrogens (tertiary/aromatic N) is 2. The molecule has 0 aromatic heterocycles. The summed E-state index contributed by atoms with van der Waals surface area (Å²) in [6, 6.07) is 0. The average Bonchev–Trinajstić information content (AvgIpc) is 2.36. The zero-order valence-electron chi connectivity index (χ0n) is 9.06. The van der Waals surface area contributed by atoms with Gasteiger partial charge in [-0.3, -0.25) is 4.21 Å². The van der Waals surface area contributed by atoms with E-state index in [9.17, 15) is 13.2 Å². The zero-order chi connectivity index (χ0) is 13.1. The molecule has 1 heterocycles. The molecular weight excluding hydrogens is 320 g/mol. The molecule has 3 atom stereocenters. The van der Waals surface area contributed by atoms with Crippen LogP contribution in [0.3, 0.4) is 0 Å². The van der Waals surface area contributed by atoms with Gasteiger partial charge in [0, 0.05) is 21.3 Å². The fourth-order valence-corrected chi connectivity index (χ4v) is 7.73. The second-order valence-corrected chi connectivity index (χ2v) is 9.68. The van der Waals surface area contributed by atoms with Gasteiger partial charge in [0.15, 0.2) is 0 Å². The first kappa shape index (κ1) is 16.1. The highest BCUT2D eigenvalue weighted by Gasteiger charge is 2.51. The van der Waals surface area contributed by atoms with Crippen LogP contribution < -0.4 is 4.86 Å². The molecule has 1 N–H and O–H groups in total. The lowest BCUT2D eigenvalue weighted by atomic mass is 11.8. The quantitative estimate of drug-likeness (QED) is 0.471. The van der Waals surface area contributed by atoms with E-state index in [1.165, 1.54) is 21.3 Å². The normalized spacial score (nSPS) is 30.0. The first-order chi connectivity index (χ1) is 7.99. The minimum absolute atomic E-state index is 0.271. The largest absolute Gasteiger partial charge is 0.684 e. The molecule has 1 saturated heterocycles. The Morgan fingerprint density at radius 3 is 2.18 bits per heavy atom. The maximum absolute atomic E-state index is 13.3. The molecule has 0 aromatic rings. The topological polar surface area (TPSA) is 55.4 Å². The molecule has 0 bridgehead atoms. The third kappa shape index (κ3) is 3.74. The summed E-state index contributed by atoms with van der Waals surface area (Å²) in [5, 5.41) is 0. The molecule has 1 fully saturated rings. The van der Waals surface area contributed by atoms with E-state index in [0.29, 0.717) is 0 Å². The molecule has 102 valence electrons. The van der Waals surface area contributed by atoms with Gasteiger partial charge in [0.1, 0.15) is 0 Å². The first-order valence-corrected chi connectivity index (χ1v) is 8.96. The van der Waals surface area contributed by atoms with Crippen LogP contribution >= 0.6 is 25.9 Å². The van der Waals surface area contributed by atoms with Crippen LogP contribution in [0, 0.1) is 0 Å². The number of rotatable bonds is 5. The van der Waals surface area contributed by atoms with Crippen molar-refractivity contribution in [3.05, 3.63) is 0 Å². The van der Waals surface area contributed by atoms with Gasteiger partial charge in [-0.1, -0.05) is 0 Å². The van der Waals surface area contributed by atoms with Crippen molar-refractivity contribution in [3.63, 3.8) is 0 Å². The van der Waals surface area contributed by atoms with Gasteiger partial charge >= 0.3 is 17.6 Å². The lowest BCUT2D eigenvalue weighted by Gasteiger charge is -2.35. The van der Waals surface area contributed by atoms with Crippen LogP contribution in [0.4, 0.5) is 13.2 Å². The highest BCUT2D eigenvalue weighted by Crippen LogP contribution is 2.67. The van der Waals surface area contributed by atoms with Crippen LogP contribution in [0.15, 0.2) is 0 Å². The van der Waals surface area contributed by atoms with E-state index >= 15 is 0 Å². The summed E-state index contributed by atoms with van der Waals surface area (Å²) in [4.78, 5) is 2.35. The van der Waals surface area contributed by atoms with Crippen LogP contribution in [-0.2, 0) is 17.5 Å². The lowest BCUT2D eigenvalue weighted by Crippen LogP contribution is -2.46. The molecule has 1 rings (SSSR count). The van der Waals surface area contributed by atoms with Crippen molar-refractivity contribution in [2.45, 2.75) is 0 Å². The summed E-state index contributed by atoms with van der Waals surface area (Å²) in [6.45, 7) is 0. The Hall–Kier alpha value is 1.02. The van der Waals surface area contributed by atoms with Gasteiger partial charge in [-0.25, -0.2) is 4.86 Å². The fraction of sp³-hybridized carbons (Fsp3) is 1.00. The van der Waals surface area contributed by atoms with Crippen molar-refractivity contribution in [1.29, 1.82) is 0 Å². The van der Waals surface area contributed by atoms with Crippen LogP contribution in [0.2, 0.25) is 0 Å². The van der Waals surface area contributed by atoms with Crippen molar-refractivity contribution in [3.8, 4) is 0 Å². The van der Waals surface area contributed by atoms with Crippen molar-refractivity contribution in [2.24, 2.45) is 0 Å². The maximum Gasteiger partial charge on any atom is 0.684 e. The molecular formula is C3H11F3N3O4P3Si. The third-order valence-corrected chi connectivity index (χ3v) is 8.64. The predicted molar refractivity (Wildman–Crippen MR) is 60.2 cm³/mol. The second-order valence-electron chi connectivity index (χ2n) is 2.44. The van der Waals surface area contributed by atoms with Crippen LogP contribution in [-0.4, -0.2) is 39.7 Å². The van der Waals surface area contributed by atoms with Gasteiger partial charge in [-0.2, -0.15) is 4.20 Å². The lowest BCUT2D eigenvalue weighted by molar-refractivity contribution is 0.0491. The molecule has 3 unspecified atom stereocenters. The van der Waals surface area contributed by atoms with Gasteiger partial charge in [-0.05, 0) is 9.33 Å². The van der Waals surface area contributed by atoms with Crippen LogP contribution in [0.1, 0.15) is 0 Å². The number of halogens is 3. The summed E-state index contributed by atoms with van der Waals surface area (Å²) >= 11 is 0. The van der Waals surface area contributed by atoms with E-state index < -0.39 is 34.9 Å². The minimum atomic E-state index is -3.51. The van der Waals surface area contributed by atoms with Gasteiger partial charge in [0.05, 0.1) is 8.88 Å². The van der Waals surface area contributed by atoms with E-state index in [4.69, 9.17) is 17.5 Å². The zero-order valence-corrected chi connectivity index (χ0v) is 12.8. The summed E-state index contributed by atoms with van der Waals surface area (Å²) in [7, 11) is -5.88. The Labute approximate surface area is 102 Å². The SMILES string of the molecule is CO[Si](OC)(OC)OP1NPN(F)P(F)N1F. The monoisotopic (exact) mass is 331 g/mol. The Balaban J connectivity index is 2.67. The van der Waals surface area contributed by atoms with Gasteiger partial charge in [0.25, 0.3) is 0 Å². The summed E-state index contributed by atoms with van der Waals surface area (Å²) in [5.41, 5.74) is 0. The van der Waals surface area contributed by atoms with Crippen molar-refractivity contribution in [1.82, 2.24) is 14.2 Å². The summed E-state index contributed by atoms with van der Waals surface area (Å²) < 4.78 is 58.3. The molecule has 0 amide bonds. The Morgan fingerprint density at radius 1 is 1.18 bits per heavy atom. The highest BCUT2D eigenvalue weighted by molar-refractivity contribution is 7.74. The molecule has 0 aliphatic carbocycles. The van der Waals surface area contributed by atoms with Crippen LogP contribution in [0.25, 0.3) is 0 Å².